The molecule has 0 saturated heterocycles. The van der Waals surface area contributed by atoms with E-state index >= 15 is 0 Å². The summed E-state index contributed by atoms with van der Waals surface area (Å²) in [5, 5.41) is 38.8. The first-order chi connectivity index (χ1) is 18.3. The predicted molar refractivity (Wildman–Crippen MR) is 142 cm³/mol. The van der Waals surface area contributed by atoms with Gasteiger partial charge in [0.1, 0.15) is 0 Å². The monoisotopic (exact) mass is 560 g/mol. The Hall–Kier alpha value is -5.02. The first-order valence-electron chi connectivity index (χ1n) is 11.2. The molecule has 4 aromatic heterocycles. The molecule has 0 aromatic carbocycles. The average Bonchev–Trinajstić information content (AvgIpc) is 3.39. The van der Waals surface area contributed by atoms with Crippen molar-refractivity contribution in [3.8, 4) is 23.8 Å². The summed E-state index contributed by atoms with van der Waals surface area (Å²) in [4.78, 5) is 14.8. The van der Waals surface area contributed by atoms with Gasteiger partial charge in [0.15, 0.2) is 0 Å². The van der Waals surface area contributed by atoms with E-state index in [1.54, 1.807) is 0 Å². The van der Waals surface area contributed by atoms with Crippen LogP contribution in [0.1, 0.15) is 34.2 Å². The molecule has 4 heterocycles. The molecule has 0 aliphatic heterocycles. The van der Waals surface area contributed by atoms with Crippen LogP contribution in [0.15, 0.2) is 58.5 Å². The molecule has 0 atom stereocenters. The van der Waals surface area contributed by atoms with Crippen LogP contribution in [0, 0.1) is 50.6 Å². The summed E-state index contributed by atoms with van der Waals surface area (Å²) in [6, 6.07) is 18.8. The third kappa shape index (κ3) is 10.5. The van der Waals surface area contributed by atoms with Gasteiger partial charge in [-0.25, -0.2) is 9.97 Å². The van der Waals surface area contributed by atoms with Crippen LogP contribution in [-0.2, 0) is 30.2 Å². The van der Waals surface area contributed by atoms with Gasteiger partial charge in [-0.3, -0.25) is 9.36 Å². The van der Waals surface area contributed by atoms with Gasteiger partial charge in [0, 0.05) is 11.4 Å². The Morgan fingerprint density at radius 1 is 0.718 bits per heavy atom. The number of aryl methyl sites for hydroxylation is 4. The van der Waals surface area contributed by atoms with Gasteiger partial charge in [0.2, 0.25) is 0 Å². The molecule has 196 valence electrons. The minimum atomic E-state index is 0. The number of nitrogens with zero attached hydrogens (tertiary/aromatic N) is 12. The number of aliphatic imine (C=N–C) groups is 2. The number of hydrogen-bond donors (Lipinski definition) is 0. The molecule has 4 rings (SSSR count). The minimum absolute atomic E-state index is 0. The summed E-state index contributed by atoms with van der Waals surface area (Å²) in [5.41, 5.74) is 7.98. The normalized spacial score (nSPS) is 8.97. The SMILES string of the molecule is Cc1cc(C)n(Cc2cccc(-c3cccc(Cn4nc(C)cc4C)n3)n2)n1.N#CN=C=[N-].N#CN=C=[N-].[Fe+2]. The van der Waals surface area contributed by atoms with Crippen LogP contribution in [0.4, 0.5) is 0 Å². The standard InChI is InChI=1S/C22H24N6.2C2N3.Fe/c1-15-11-17(3)27(25-15)13-19-7-5-9-21(23-19)22-10-6-8-20(24-22)14-28-18(4)12-16(2)26-28;2*3-1-5-2-4;/h5-12H,13-14H2,1-4H3;;;/q;2*-1;+2. The van der Waals surface area contributed by atoms with Crippen molar-refractivity contribution in [3.63, 3.8) is 0 Å². The van der Waals surface area contributed by atoms with Gasteiger partial charge < -0.3 is 20.8 Å². The van der Waals surface area contributed by atoms with Gasteiger partial charge in [-0.1, -0.05) is 12.1 Å². The van der Waals surface area contributed by atoms with E-state index in [-0.39, 0.29) is 17.1 Å². The van der Waals surface area contributed by atoms with E-state index in [0.29, 0.717) is 13.1 Å². The zero-order chi connectivity index (χ0) is 27.9. The van der Waals surface area contributed by atoms with Gasteiger partial charge in [-0.05, 0) is 64.1 Å². The zero-order valence-electron chi connectivity index (χ0n) is 21.8. The van der Waals surface area contributed by atoms with Crippen LogP contribution in [0.5, 0.6) is 0 Å². The smallest absolute Gasteiger partial charge is 0.422 e. The Labute approximate surface area is 236 Å². The average molecular weight is 560 g/mol. The molecular weight excluding hydrogens is 536 g/mol. The fourth-order valence-electron chi connectivity index (χ4n) is 3.44. The van der Waals surface area contributed by atoms with E-state index in [4.69, 9.17) is 31.3 Å². The van der Waals surface area contributed by atoms with Crippen molar-refractivity contribution in [2.75, 3.05) is 0 Å². The van der Waals surface area contributed by atoms with E-state index in [1.165, 1.54) is 24.4 Å². The molecule has 39 heavy (non-hydrogen) atoms. The second-order valence-corrected chi connectivity index (χ2v) is 7.82. The van der Waals surface area contributed by atoms with Crippen molar-refractivity contribution < 1.29 is 17.1 Å². The van der Waals surface area contributed by atoms with Gasteiger partial charge in [-0.2, -0.15) is 20.7 Å². The third-order valence-corrected chi connectivity index (χ3v) is 4.91. The molecule has 0 saturated carbocycles. The summed E-state index contributed by atoms with van der Waals surface area (Å²) in [5.74, 6) is 0. The Morgan fingerprint density at radius 3 is 1.36 bits per heavy atom. The molecule has 0 radical (unpaired) electrons. The zero-order valence-corrected chi connectivity index (χ0v) is 22.9. The minimum Gasteiger partial charge on any atom is -0.422 e. The largest absolute Gasteiger partial charge is 2.00 e. The van der Waals surface area contributed by atoms with Crippen molar-refractivity contribution >= 4 is 12.0 Å². The van der Waals surface area contributed by atoms with E-state index in [1.807, 2.05) is 59.6 Å². The van der Waals surface area contributed by atoms with Crippen molar-refractivity contribution in [1.82, 2.24) is 29.5 Å². The number of hydrogen-bond acceptors (Lipinski definition) is 8. The topological polar surface area (TPSA) is 178 Å². The van der Waals surface area contributed by atoms with E-state index in [9.17, 15) is 0 Å². The second kappa shape index (κ2) is 16.7. The fourth-order valence-corrected chi connectivity index (χ4v) is 3.44. The molecule has 12 nitrogen and oxygen atoms in total. The van der Waals surface area contributed by atoms with Crippen LogP contribution in [0.25, 0.3) is 22.2 Å². The number of pyridine rings is 2. The van der Waals surface area contributed by atoms with Crippen LogP contribution in [0.2, 0.25) is 0 Å². The first-order valence-corrected chi connectivity index (χ1v) is 11.2. The van der Waals surface area contributed by atoms with Crippen molar-refractivity contribution in [3.05, 3.63) is 93.5 Å². The number of aromatic nitrogens is 6. The molecule has 0 spiro atoms. The van der Waals surface area contributed by atoms with Crippen LogP contribution in [0.3, 0.4) is 0 Å². The maximum Gasteiger partial charge on any atom is 2.00 e. The van der Waals surface area contributed by atoms with E-state index in [2.05, 4.69) is 46.2 Å². The summed E-state index contributed by atoms with van der Waals surface area (Å²) in [6.07, 6.45) is 2.56. The molecule has 13 heteroatoms. The Balaban J connectivity index is 0.000000595. The Kier molecular flexibility index (Phi) is 13.7. The van der Waals surface area contributed by atoms with Gasteiger partial charge >= 0.3 is 17.1 Å². The maximum absolute atomic E-state index is 7.43. The van der Waals surface area contributed by atoms with E-state index in [0.717, 1.165) is 45.6 Å². The fraction of sp³-hybridized carbons (Fsp3) is 0.231. The molecule has 0 aliphatic carbocycles. The molecule has 0 unspecified atom stereocenters. The van der Waals surface area contributed by atoms with Crippen LogP contribution in [-0.4, -0.2) is 41.5 Å². The molecule has 0 bridgehead atoms. The third-order valence-electron chi connectivity index (χ3n) is 4.91. The summed E-state index contributed by atoms with van der Waals surface area (Å²) in [7, 11) is 0. The molecule has 4 aromatic rings. The summed E-state index contributed by atoms with van der Waals surface area (Å²) >= 11 is 0. The maximum atomic E-state index is 7.43. The molecule has 0 N–H and O–H groups in total. The first kappa shape index (κ1) is 32.0. The van der Waals surface area contributed by atoms with Gasteiger partial charge in [0.25, 0.3) is 0 Å². The Bertz CT molecular complexity index is 1440. The molecule has 0 amide bonds. The second-order valence-electron chi connectivity index (χ2n) is 7.82. The molecule has 0 aliphatic rings. The van der Waals surface area contributed by atoms with Crippen LogP contribution < -0.4 is 0 Å². The summed E-state index contributed by atoms with van der Waals surface area (Å²) < 4.78 is 3.96. The van der Waals surface area contributed by atoms with Crippen molar-refractivity contribution in [2.24, 2.45) is 9.98 Å². The van der Waals surface area contributed by atoms with Gasteiger partial charge in [0.05, 0.1) is 59.6 Å². The predicted octanol–water partition coefficient (Wildman–Crippen LogP) is 4.29. The van der Waals surface area contributed by atoms with Crippen LogP contribution >= 0.6 is 0 Å². The van der Waals surface area contributed by atoms with Crippen molar-refractivity contribution in [2.45, 2.75) is 40.8 Å². The molecule has 0 fully saturated rings. The molecular formula is C26H24FeN12. The Morgan fingerprint density at radius 2 is 1.10 bits per heavy atom. The van der Waals surface area contributed by atoms with Gasteiger partial charge in [-0.15, -0.1) is 12.0 Å². The van der Waals surface area contributed by atoms with Crippen molar-refractivity contribution in [1.29, 1.82) is 10.5 Å². The van der Waals surface area contributed by atoms with E-state index < -0.39 is 0 Å². The quantitative estimate of drug-likeness (QED) is 0.200. The number of nitriles is 2. The number of rotatable bonds is 5. The summed E-state index contributed by atoms with van der Waals surface area (Å²) in [6.45, 7) is 9.44.